The van der Waals surface area contributed by atoms with Gasteiger partial charge in [0, 0.05) is 38.5 Å². The van der Waals surface area contributed by atoms with Gasteiger partial charge in [-0.3, -0.25) is 9.59 Å². The number of hydrogen-bond acceptors (Lipinski definition) is 7. The monoisotopic (exact) mass is 546 g/mol. The Balaban J connectivity index is 1.86. The van der Waals surface area contributed by atoms with E-state index in [0.717, 1.165) is 11.7 Å². The average molecular weight is 547 g/mol. The van der Waals surface area contributed by atoms with E-state index in [1.165, 1.54) is 0 Å². The molecule has 9 nitrogen and oxygen atoms in total. The van der Waals surface area contributed by atoms with Crippen molar-refractivity contribution in [2.24, 2.45) is 5.41 Å². The van der Waals surface area contributed by atoms with Crippen LogP contribution in [0.5, 0.6) is 0 Å². The van der Waals surface area contributed by atoms with E-state index in [9.17, 15) is 14.9 Å². The Hall–Kier alpha value is -3.81. The smallest absolute Gasteiger partial charge is 0.261 e. The summed E-state index contributed by atoms with van der Waals surface area (Å²) in [4.78, 5) is 34.6. The van der Waals surface area contributed by atoms with Crippen LogP contribution in [0.25, 0.3) is 17.2 Å². The fourth-order valence-corrected chi connectivity index (χ4v) is 4.46. The van der Waals surface area contributed by atoms with Crippen molar-refractivity contribution in [1.29, 1.82) is 5.26 Å². The van der Waals surface area contributed by atoms with Crippen LogP contribution in [0.2, 0.25) is 25.7 Å². The van der Waals surface area contributed by atoms with Crippen molar-refractivity contribution in [2.45, 2.75) is 60.1 Å². The molecule has 3 rings (SSSR count). The molecule has 39 heavy (non-hydrogen) atoms. The number of hydrogen-bond donors (Lipinski definition) is 2. The Morgan fingerprint density at radius 3 is 2.46 bits per heavy atom. The van der Waals surface area contributed by atoms with Crippen molar-refractivity contribution in [3.05, 3.63) is 53.4 Å². The van der Waals surface area contributed by atoms with Gasteiger partial charge in [0.25, 0.3) is 5.91 Å². The van der Waals surface area contributed by atoms with Gasteiger partial charge in [-0.1, -0.05) is 52.5 Å². The van der Waals surface area contributed by atoms with Crippen LogP contribution in [0, 0.1) is 16.7 Å². The molecule has 1 aromatic carbocycles. The summed E-state index contributed by atoms with van der Waals surface area (Å²) in [7, 11) is -1.21. The number of likely N-dealkylation sites (N-methyl/N-ethyl adjacent to an activating group) is 1. The Morgan fingerprint density at radius 1 is 1.18 bits per heavy atom. The van der Waals surface area contributed by atoms with E-state index in [1.807, 2.05) is 43.5 Å². The number of nitrogens with zero attached hydrogens (tertiary/aromatic N) is 4. The first kappa shape index (κ1) is 29.7. The summed E-state index contributed by atoms with van der Waals surface area (Å²) < 4.78 is 7.78. The molecule has 0 aliphatic carbocycles. The molecule has 0 spiro atoms. The summed E-state index contributed by atoms with van der Waals surface area (Å²) in [6.07, 6.45) is 4.96. The number of carbonyl (C=O) groups excluding carboxylic acids is 2. The zero-order valence-electron chi connectivity index (χ0n) is 23.9. The normalized spacial score (nSPS) is 12.3. The summed E-state index contributed by atoms with van der Waals surface area (Å²) in [5, 5.41) is 15.1. The van der Waals surface area contributed by atoms with Crippen LogP contribution in [0.4, 0.5) is 11.5 Å². The number of carbonyl (C=O) groups is 2. The lowest BCUT2D eigenvalue weighted by atomic mass is 9.87. The molecule has 10 heteroatoms. The van der Waals surface area contributed by atoms with Gasteiger partial charge < -0.3 is 19.9 Å². The van der Waals surface area contributed by atoms with Crippen LogP contribution in [-0.4, -0.2) is 47.5 Å². The maximum atomic E-state index is 13.3. The number of ketones is 1. The van der Waals surface area contributed by atoms with Crippen LogP contribution < -0.4 is 10.6 Å². The molecule has 2 N–H and O–H groups in total. The first-order chi connectivity index (χ1) is 18.3. The van der Waals surface area contributed by atoms with Gasteiger partial charge >= 0.3 is 0 Å². The van der Waals surface area contributed by atoms with E-state index >= 15 is 0 Å². The van der Waals surface area contributed by atoms with Gasteiger partial charge in [-0.15, -0.1) is 0 Å². The molecule has 0 bridgehead atoms. The molecular formula is C29H38N6O3Si. The third kappa shape index (κ3) is 8.08. The Bertz CT molecular complexity index is 1410. The number of ether oxygens (including phenoxy) is 1. The summed E-state index contributed by atoms with van der Waals surface area (Å²) in [5.41, 5.74) is 2.55. The largest absolute Gasteiger partial charge is 0.361 e. The third-order valence-corrected chi connectivity index (χ3v) is 7.62. The van der Waals surface area contributed by atoms with Crippen LogP contribution in [0.3, 0.4) is 0 Å². The van der Waals surface area contributed by atoms with Gasteiger partial charge in [0.2, 0.25) is 0 Å². The number of Topliss-reactive ketones (excluding diaryl/α,β-unsaturated/α-hetero) is 1. The standard InChI is InChI=1S/C29H38N6O3Si/c1-8-31-28(37)21(16-30)15-20-9-11-22(12-10-20)33-24-17-32-27-25(34-24)23(26(36)29(2,3)4)18-35(27)19-38-13-14-39(5,6)7/h9-12,15,17-18H,8,13-14,19H2,1-7H3,(H,31,37)(H,33,34)/b21-15+. The lowest BCUT2D eigenvalue weighted by Gasteiger charge is -2.16. The molecule has 0 atom stereocenters. The molecule has 0 aliphatic heterocycles. The molecule has 1 amide bonds. The zero-order valence-corrected chi connectivity index (χ0v) is 24.9. The number of amides is 1. The highest BCUT2D eigenvalue weighted by molar-refractivity contribution is 6.76. The molecule has 0 unspecified atom stereocenters. The molecule has 0 radical (unpaired) electrons. The molecule has 2 aromatic heterocycles. The average Bonchev–Trinajstić information content (AvgIpc) is 3.22. The molecule has 3 aromatic rings. The number of fused-ring (bicyclic) bond motifs is 1. The highest BCUT2D eigenvalue weighted by Crippen LogP contribution is 2.28. The number of benzene rings is 1. The predicted molar refractivity (Wildman–Crippen MR) is 157 cm³/mol. The van der Waals surface area contributed by atoms with E-state index in [4.69, 9.17) is 9.72 Å². The molecule has 0 saturated carbocycles. The first-order valence-electron chi connectivity index (χ1n) is 13.1. The molecule has 206 valence electrons. The van der Waals surface area contributed by atoms with E-state index in [1.54, 1.807) is 37.5 Å². The second kappa shape index (κ2) is 12.4. The molecule has 0 fully saturated rings. The fraction of sp³-hybridized carbons (Fsp3) is 0.414. The molecule has 2 heterocycles. The van der Waals surface area contributed by atoms with Gasteiger partial charge in [0.15, 0.2) is 11.4 Å². The molecule has 0 saturated heterocycles. The van der Waals surface area contributed by atoms with E-state index < -0.39 is 19.4 Å². The van der Waals surface area contributed by atoms with Gasteiger partial charge in [-0.25, -0.2) is 9.97 Å². The summed E-state index contributed by atoms with van der Waals surface area (Å²) in [6.45, 7) is 15.8. The van der Waals surface area contributed by atoms with Crippen molar-refractivity contribution < 1.29 is 14.3 Å². The minimum absolute atomic E-state index is 0.0173. The number of nitrogens with one attached hydrogen (secondary N) is 2. The quantitative estimate of drug-likeness (QED) is 0.103. The van der Waals surface area contributed by atoms with Crippen molar-refractivity contribution in [1.82, 2.24) is 19.9 Å². The van der Waals surface area contributed by atoms with Gasteiger partial charge in [-0.05, 0) is 36.7 Å². The maximum Gasteiger partial charge on any atom is 0.261 e. The summed E-state index contributed by atoms with van der Waals surface area (Å²) >= 11 is 0. The number of nitriles is 1. The Kier molecular flexibility index (Phi) is 9.43. The van der Waals surface area contributed by atoms with Crippen LogP contribution >= 0.6 is 0 Å². The topological polar surface area (TPSA) is 122 Å². The van der Waals surface area contributed by atoms with E-state index in [2.05, 4.69) is 35.3 Å². The third-order valence-electron chi connectivity index (χ3n) is 5.91. The van der Waals surface area contributed by atoms with Crippen molar-refractivity contribution in [3.63, 3.8) is 0 Å². The number of rotatable bonds is 11. The lowest BCUT2D eigenvalue weighted by molar-refractivity contribution is -0.116. The van der Waals surface area contributed by atoms with E-state index in [-0.39, 0.29) is 11.4 Å². The Morgan fingerprint density at radius 2 is 1.87 bits per heavy atom. The summed E-state index contributed by atoms with van der Waals surface area (Å²) in [5.74, 6) is 0.0716. The van der Waals surface area contributed by atoms with E-state index in [0.29, 0.717) is 48.0 Å². The summed E-state index contributed by atoms with van der Waals surface area (Å²) in [6, 6.07) is 10.2. The zero-order chi connectivity index (χ0) is 28.8. The highest BCUT2D eigenvalue weighted by Gasteiger charge is 2.28. The SMILES string of the molecule is CCNC(=O)/C(C#N)=C/c1ccc(Nc2cnc3c(n2)c(C(=O)C(C)(C)C)cn3COCC[Si](C)(C)C)cc1. The minimum atomic E-state index is -1.21. The minimum Gasteiger partial charge on any atom is -0.361 e. The van der Waals surface area contributed by atoms with Gasteiger partial charge in [-0.2, -0.15) is 5.26 Å². The first-order valence-corrected chi connectivity index (χ1v) is 16.8. The Labute approximate surface area is 231 Å². The molecule has 0 aliphatic rings. The van der Waals surface area contributed by atoms with Crippen LogP contribution in [0.15, 0.2) is 42.2 Å². The lowest BCUT2D eigenvalue weighted by Crippen LogP contribution is -2.23. The van der Waals surface area contributed by atoms with Crippen molar-refractivity contribution >= 4 is 48.5 Å². The second-order valence-corrected chi connectivity index (χ2v) is 17.3. The van der Waals surface area contributed by atoms with Crippen molar-refractivity contribution in [3.8, 4) is 6.07 Å². The van der Waals surface area contributed by atoms with Crippen LogP contribution in [0.1, 0.15) is 43.6 Å². The molecular weight excluding hydrogens is 508 g/mol. The highest BCUT2D eigenvalue weighted by atomic mass is 28.3. The van der Waals surface area contributed by atoms with Gasteiger partial charge in [0.1, 0.15) is 29.7 Å². The van der Waals surface area contributed by atoms with Crippen molar-refractivity contribution in [2.75, 3.05) is 18.5 Å². The van der Waals surface area contributed by atoms with Crippen LogP contribution in [-0.2, 0) is 16.3 Å². The second-order valence-electron chi connectivity index (χ2n) is 11.6. The number of aromatic nitrogens is 3. The number of anilines is 2. The van der Waals surface area contributed by atoms with Gasteiger partial charge in [0.05, 0.1) is 11.8 Å². The maximum absolute atomic E-state index is 13.3. The fourth-order valence-electron chi connectivity index (χ4n) is 3.70. The predicted octanol–water partition coefficient (Wildman–Crippen LogP) is 5.76.